The standard InChI is InChI=1S/C19H20F2N2O2/c1-23-8-7-13(11-23)12-25-19(24)22-18-6-5-16(21)10-17(18)14-3-2-4-15(20)9-14/h2-6,9-10,13H,7-8,11-12H2,1H3,(H,22,24)/t13-/m1/s1. The molecule has 0 aliphatic carbocycles. The molecule has 0 aromatic heterocycles. The van der Waals surface area contributed by atoms with Gasteiger partial charge in [-0.25, -0.2) is 13.6 Å². The monoisotopic (exact) mass is 346 g/mol. The predicted octanol–water partition coefficient (Wildman–Crippen LogP) is 4.13. The van der Waals surface area contributed by atoms with Gasteiger partial charge in [0.1, 0.15) is 11.6 Å². The minimum Gasteiger partial charge on any atom is -0.449 e. The van der Waals surface area contributed by atoms with E-state index < -0.39 is 17.7 Å². The summed E-state index contributed by atoms with van der Waals surface area (Å²) in [7, 11) is 2.03. The van der Waals surface area contributed by atoms with E-state index in [4.69, 9.17) is 4.74 Å². The Morgan fingerprint density at radius 1 is 1.24 bits per heavy atom. The molecule has 1 N–H and O–H groups in total. The summed E-state index contributed by atoms with van der Waals surface area (Å²) in [4.78, 5) is 14.3. The van der Waals surface area contributed by atoms with Gasteiger partial charge in [0.25, 0.3) is 0 Å². The van der Waals surface area contributed by atoms with Crippen molar-refractivity contribution in [2.24, 2.45) is 5.92 Å². The summed E-state index contributed by atoms with van der Waals surface area (Å²) in [5.74, 6) is -0.570. The molecule has 1 saturated heterocycles. The fourth-order valence-corrected chi connectivity index (χ4v) is 3.02. The average Bonchev–Trinajstić information content (AvgIpc) is 3.00. The second-order valence-electron chi connectivity index (χ2n) is 6.34. The maximum Gasteiger partial charge on any atom is 0.411 e. The minimum atomic E-state index is -0.598. The van der Waals surface area contributed by atoms with E-state index in [1.54, 1.807) is 6.07 Å². The van der Waals surface area contributed by atoms with E-state index in [2.05, 4.69) is 10.2 Å². The lowest BCUT2D eigenvalue weighted by Gasteiger charge is -2.14. The molecule has 0 saturated carbocycles. The number of carbonyl (C=O) groups excluding carboxylic acids is 1. The first-order valence-electron chi connectivity index (χ1n) is 8.19. The minimum absolute atomic E-state index is 0.326. The lowest BCUT2D eigenvalue weighted by molar-refractivity contribution is 0.142. The van der Waals surface area contributed by atoms with Crippen LogP contribution in [-0.2, 0) is 4.74 Å². The molecule has 1 fully saturated rings. The number of rotatable bonds is 4. The van der Waals surface area contributed by atoms with Gasteiger partial charge in [-0.15, -0.1) is 0 Å². The van der Waals surface area contributed by atoms with Crippen LogP contribution in [0, 0.1) is 17.6 Å². The lowest BCUT2D eigenvalue weighted by atomic mass is 10.0. The highest BCUT2D eigenvalue weighted by molar-refractivity contribution is 5.91. The highest BCUT2D eigenvalue weighted by Crippen LogP contribution is 2.29. The third-order valence-electron chi connectivity index (χ3n) is 4.29. The van der Waals surface area contributed by atoms with Gasteiger partial charge in [-0.05, 0) is 55.9 Å². The van der Waals surface area contributed by atoms with Crippen LogP contribution in [0.25, 0.3) is 11.1 Å². The van der Waals surface area contributed by atoms with Crippen LogP contribution in [0.5, 0.6) is 0 Å². The second kappa shape index (κ2) is 7.61. The third-order valence-corrected chi connectivity index (χ3v) is 4.29. The van der Waals surface area contributed by atoms with Crippen LogP contribution in [0.15, 0.2) is 42.5 Å². The van der Waals surface area contributed by atoms with Crippen LogP contribution < -0.4 is 5.32 Å². The van der Waals surface area contributed by atoms with Crippen molar-refractivity contribution in [2.45, 2.75) is 6.42 Å². The Hall–Kier alpha value is -2.47. The first-order chi connectivity index (χ1) is 12.0. The third kappa shape index (κ3) is 4.54. The van der Waals surface area contributed by atoms with E-state index in [1.807, 2.05) is 7.05 Å². The zero-order valence-electron chi connectivity index (χ0n) is 14.0. The van der Waals surface area contributed by atoms with E-state index in [-0.39, 0.29) is 0 Å². The molecule has 0 radical (unpaired) electrons. The molecule has 132 valence electrons. The van der Waals surface area contributed by atoms with Gasteiger partial charge >= 0.3 is 6.09 Å². The van der Waals surface area contributed by atoms with Gasteiger partial charge in [0.05, 0.1) is 12.3 Å². The molecule has 1 atom stereocenters. The van der Waals surface area contributed by atoms with E-state index >= 15 is 0 Å². The maximum absolute atomic E-state index is 13.6. The Morgan fingerprint density at radius 2 is 2.04 bits per heavy atom. The number of benzene rings is 2. The molecule has 2 aromatic rings. The predicted molar refractivity (Wildman–Crippen MR) is 92.4 cm³/mol. The SMILES string of the molecule is CN1CC[C@@H](COC(=O)Nc2ccc(F)cc2-c2cccc(F)c2)C1. The number of nitrogens with zero attached hydrogens (tertiary/aromatic N) is 1. The van der Waals surface area contributed by atoms with Crippen molar-refractivity contribution in [1.29, 1.82) is 0 Å². The van der Waals surface area contributed by atoms with Gasteiger partial charge in [-0.3, -0.25) is 5.32 Å². The van der Waals surface area contributed by atoms with E-state index in [0.717, 1.165) is 19.5 Å². The molecule has 1 aliphatic heterocycles. The molecule has 2 aromatic carbocycles. The Balaban J connectivity index is 1.70. The number of anilines is 1. The molecule has 4 nitrogen and oxygen atoms in total. The summed E-state index contributed by atoms with van der Waals surface area (Å²) >= 11 is 0. The normalized spacial score (nSPS) is 17.5. The smallest absolute Gasteiger partial charge is 0.411 e. The van der Waals surface area contributed by atoms with E-state index in [1.165, 1.54) is 36.4 Å². The van der Waals surface area contributed by atoms with Crippen LogP contribution in [0.1, 0.15) is 6.42 Å². The van der Waals surface area contributed by atoms with Crippen LogP contribution in [0.4, 0.5) is 19.3 Å². The van der Waals surface area contributed by atoms with Gasteiger partial charge in [0, 0.05) is 18.0 Å². The summed E-state index contributed by atoms with van der Waals surface area (Å²) < 4.78 is 32.4. The summed E-state index contributed by atoms with van der Waals surface area (Å²) in [6.45, 7) is 2.24. The number of ether oxygens (including phenoxy) is 1. The fourth-order valence-electron chi connectivity index (χ4n) is 3.02. The van der Waals surface area contributed by atoms with Crippen molar-refractivity contribution in [1.82, 2.24) is 4.90 Å². The van der Waals surface area contributed by atoms with Crippen LogP contribution >= 0.6 is 0 Å². The van der Waals surface area contributed by atoms with Crippen LogP contribution in [-0.4, -0.2) is 37.7 Å². The first kappa shape index (κ1) is 17.4. The topological polar surface area (TPSA) is 41.6 Å². The molecule has 1 aliphatic rings. The molecular formula is C19H20F2N2O2. The number of hydrogen-bond acceptors (Lipinski definition) is 3. The van der Waals surface area contributed by atoms with Crippen LogP contribution in [0.2, 0.25) is 0 Å². The fraction of sp³-hybridized carbons (Fsp3) is 0.316. The Bertz CT molecular complexity index is 767. The zero-order valence-corrected chi connectivity index (χ0v) is 14.0. The molecule has 0 bridgehead atoms. The van der Waals surface area contributed by atoms with Crippen molar-refractivity contribution in [3.8, 4) is 11.1 Å². The Morgan fingerprint density at radius 3 is 2.76 bits per heavy atom. The van der Waals surface area contributed by atoms with Gasteiger partial charge in [0.2, 0.25) is 0 Å². The number of amides is 1. The summed E-state index contributed by atoms with van der Waals surface area (Å²) in [5, 5.41) is 2.63. The molecule has 0 unspecified atom stereocenters. The summed E-state index contributed by atoms with van der Waals surface area (Å²) in [6, 6.07) is 9.74. The van der Waals surface area contributed by atoms with Gasteiger partial charge in [0.15, 0.2) is 0 Å². The molecule has 1 amide bonds. The Kier molecular flexibility index (Phi) is 5.28. The van der Waals surface area contributed by atoms with Gasteiger partial charge < -0.3 is 9.64 Å². The van der Waals surface area contributed by atoms with Gasteiger partial charge in [-0.1, -0.05) is 12.1 Å². The number of hydrogen-bond donors (Lipinski definition) is 1. The van der Waals surface area contributed by atoms with Crippen molar-refractivity contribution in [2.75, 3.05) is 32.1 Å². The van der Waals surface area contributed by atoms with Crippen molar-refractivity contribution in [3.63, 3.8) is 0 Å². The number of halogens is 2. The largest absolute Gasteiger partial charge is 0.449 e. The van der Waals surface area contributed by atoms with Crippen molar-refractivity contribution < 1.29 is 18.3 Å². The number of carbonyl (C=O) groups is 1. The van der Waals surface area contributed by atoms with Gasteiger partial charge in [-0.2, -0.15) is 0 Å². The van der Waals surface area contributed by atoms with E-state index in [0.29, 0.717) is 29.3 Å². The van der Waals surface area contributed by atoms with Crippen molar-refractivity contribution >= 4 is 11.8 Å². The lowest BCUT2D eigenvalue weighted by Crippen LogP contribution is -2.21. The molecular weight excluding hydrogens is 326 g/mol. The Labute approximate surface area is 145 Å². The van der Waals surface area contributed by atoms with Crippen molar-refractivity contribution in [3.05, 3.63) is 54.1 Å². The first-order valence-corrected chi connectivity index (χ1v) is 8.19. The summed E-state index contributed by atoms with van der Waals surface area (Å²) in [5.41, 5.74) is 1.25. The van der Waals surface area contributed by atoms with Crippen LogP contribution in [0.3, 0.4) is 0 Å². The molecule has 1 heterocycles. The van der Waals surface area contributed by atoms with E-state index in [9.17, 15) is 13.6 Å². The number of nitrogens with one attached hydrogen (secondary N) is 1. The molecule has 25 heavy (non-hydrogen) atoms. The number of likely N-dealkylation sites (tertiary alicyclic amines) is 1. The second-order valence-corrected chi connectivity index (χ2v) is 6.34. The molecule has 3 rings (SSSR count). The molecule has 0 spiro atoms. The molecule has 6 heteroatoms. The maximum atomic E-state index is 13.6. The quantitative estimate of drug-likeness (QED) is 0.905. The summed E-state index contributed by atoms with van der Waals surface area (Å²) in [6.07, 6.45) is 0.397. The highest BCUT2D eigenvalue weighted by atomic mass is 19.1. The zero-order chi connectivity index (χ0) is 17.8. The highest BCUT2D eigenvalue weighted by Gasteiger charge is 2.21. The average molecular weight is 346 g/mol.